The molecule has 0 radical (unpaired) electrons. The summed E-state index contributed by atoms with van der Waals surface area (Å²) >= 11 is 0. The third kappa shape index (κ3) is 5.77. The Bertz CT molecular complexity index is 1270. The summed E-state index contributed by atoms with van der Waals surface area (Å²) in [6.07, 6.45) is 0.760. The lowest BCUT2D eigenvalue weighted by Gasteiger charge is -2.10. The van der Waals surface area contributed by atoms with E-state index in [1.807, 2.05) is 13.8 Å². The highest BCUT2D eigenvalue weighted by Crippen LogP contribution is 2.22. The van der Waals surface area contributed by atoms with Crippen molar-refractivity contribution in [2.24, 2.45) is 0 Å². The van der Waals surface area contributed by atoms with Crippen LogP contribution in [-0.4, -0.2) is 55.0 Å². The average Bonchev–Trinajstić information content (AvgIpc) is 3.18. The average molecular weight is 495 g/mol. The number of aryl methyl sites for hydroxylation is 1. The Morgan fingerprint density at radius 3 is 1.89 bits per heavy atom. The number of rotatable bonds is 8. The third-order valence-corrected chi connectivity index (χ3v) is 5.55. The molecule has 0 spiro atoms. The minimum Gasteiger partial charge on any atom is -0.469 e. The molecule has 2 aromatic carbocycles. The molecule has 0 unspecified atom stereocenters. The second-order valence-corrected chi connectivity index (χ2v) is 7.80. The summed E-state index contributed by atoms with van der Waals surface area (Å²) in [5.74, 6) is -2.38. The lowest BCUT2D eigenvalue weighted by Crippen LogP contribution is -2.12. The highest BCUT2D eigenvalue weighted by Gasteiger charge is 2.18. The highest BCUT2D eigenvalue weighted by molar-refractivity contribution is 5.97. The van der Waals surface area contributed by atoms with E-state index < -0.39 is 17.9 Å². The summed E-state index contributed by atoms with van der Waals surface area (Å²) in [6, 6.07) is 10.5. The number of carbonyl (C=O) groups excluding carboxylic acids is 4. The Morgan fingerprint density at radius 1 is 0.778 bits per heavy atom. The van der Waals surface area contributed by atoms with Crippen molar-refractivity contribution in [3.63, 3.8) is 0 Å². The van der Waals surface area contributed by atoms with Crippen LogP contribution in [0, 0.1) is 13.8 Å². The number of hydrogen-bond acceptors (Lipinski definition) is 9. The van der Waals surface area contributed by atoms with E-state index in [1.165, 1.54) is 39.5 Å². The molecule has 1 heterocycles. The molecule has 0 fully saturated rings. The van der Waals surface area contributed by atoms with Gasteiger partial charge in [-0.3, -0.25) is 4.79 Å². The van der Waals surface area contributed by atoms with Crippen molar-refractivity contribution in [3.8, 4) is 11.4 Å². The van der Waals surface area contributed by atoms with Crippen LogP contribution in [0.25, 0.3) is 5.69 Å². The zero-order valence-electron chi connectivity index (χ0n) is 20.6. The van der Waals surface area contributed by atoms with Crippen molar-refractivity contribution in [2.45, 2.75) is 26.7 Å². The molecule has 10 nitrogen and oxygen atoms in total. The number of carbonyl (C=O) groups is 4. The van der Waals surface area contributed by atoms with Crippen molar-refractivity contribution in [1.82, 2.24) is 9.78 Å². The van der Waals surface area contributed by atoms with Gasteiger partial charge in [0.15, 0.2) is 0 Å². The van der Waals surface area contributed by atoms with Crippen LogP contribution in [0.4, 0.5) is 0 Å². The number of aromatic nitrogens is 2. The van der Waals surface area contributed by atoms with E-state index in [9.17, 15) is 19.2 Å². The SMILES string of the molecule is COC(=O)CCc1c(C)nn(-c2ccc(C(=O)Oc3cc(C(=O)OC)cc(C(=O)OC)c3)cc2)c1C. The standard InChI is InChI=1S/C26H26N2O8/c1-15-22(10-11-23(29)33-3)16(2)28(27-15)20-8-6-17(7-9-20)26(32)36-21-13-18(24(30)34-4)12-19(14-21)25(31)35-5/h6-9,12-14H,10-11H2,1-5H3. The fraction of sp³-hybridized carbons (Fsp3) is 0.269. The molecule has 0 amide bonds. The van der Waals surface area contributed by atoms with Gasteiger partial charge in [0.2, 0.25) is 0 Å². The predicted molar refractivity (Wildman–Crippen MR) is 127 cm³/mol. The van der Waals surface area contributed by atoms with E-state index in [0.717, 1.165) is 22.6 Å². The van der Waals surface area contributed by atoms with Crippen LogP contribution in [0.2, 0.25) is 0 Å². The van der Waals surface area contributed by atoms with Gasteiger partial charge in [-0.25, -0.2) is 19.1 Å². The molecule has 0 aliphatic rings. The lowest BCUT2D eigenvalue weighted by atomic mass is 10.1. The molecule has 36 heavy (non-hydrogen) atoms. The first-order valence-electron chi connectivity index (χ1n) is 10.9. The fourth-order valence-electron chi connectivity index (χ4n) is 3.65. The number of ether oxygens (including phenoxy) is 4. The third-order valence-electron chi connectivity index (χ3n) is 5.55. The monoisotopic (exact) mass is 494 g/mol. The second-order valence-electron chi connectivity index (χ2n) is 7.80. The van der Waals surface area contributed by atoms with Gasteiger partial charge in [0.1, 0.15) is 5.75 Å². The zero-order chi connectivity index (χ0) is 26.4. The maximum atomic E-state index is 12.7. The van der Waals surface area contributed by atoms with Crippen molar-refractivity contribution in [1.29, 1.82) is 0 Å². The van der Waals surface area contributed by atoms with Crippen molar-refractivity contribution in [3.05, 3.63) is 76.1 Å². The summed E-state index contributed by atoms with van der Waals surface area (Å²) in [5, 5.41) is 4.56. The van der Waals surface area contributed by atoms with Gasteiger partial charge in [-0.1, -0.05) is 0 Å². The summed E-state index contributed by atoms with van der Waals surface area (Å²) in [4.78, 5) is 48.2. The first-order chi connectivity index (χ1) is 17.2. The van der Waals surface area contributed by atoms with Crippen LogP contribution in [0.15, 0.2) is 42.5 Å². The maximum Gasteiger partial charge on any atom is 0.343 e. The second kappa shape index (κ2) is 11.3. The van der Waals surface area contributed by atoms with E-state index in [0.29, 0.717) is 6.42 Å². The Hall–Kier alpha value is -4.47. The van der Waals surface area contributed by atoms with E-state index >= 15 is 0 Å². The molecular formula is C26H26N2O8. The van der Waals surface area contributed by atoms with Crippen molar-refractivity contribution >= 4 is 23.9 Å². The van der Waals surface area contributed by atoms with Crippen LogP contribution in [0.3, 0.4) is 0 Å². The number of methoxy groups -OCH3 is 3. The van der Waals surface area contributed by atoms with Crippen molar-refractivity contribution < 1.29 is 38.1 Å². The first-order valence-corrected chi connectivity index (χ1v) is 10.9. The smallest absolute Gasteiger partial charge is 0.343 e. The van der Waals surface area contributed by atoms with Gasteiger partial charge in [-0.2, -0.15) is 5.10 Å². The number of nitrogens with zero attached hydrogens (tertiary/aromatic N) is 2. The molecule has 0 aliphatic carbocycles. The van der Waals surface area contributed by atoms with Gasteiger partial charge in [-0.05, 0) is 68.3 Å². The van der Waals surface area contributed by atoms with Gasteiger partial charge in [0.05, 0.1) is 49.4 Å². The topological polar surface area (TPSA) is 123 Å². The molecule has 0 bridgehead atoms. The molecule has 0 N–H and O–H groups in total. The largest absolute Gasteiger partial charge is 0.469 e. The highest BCUT2D eigenvalue weighted by atomic mass is 16.5. The predicted octanol–water partition coefficient (Wildman–Crippen LogP) is 3.39. The van der Waals surface area contributed by atoms with Gasteiger partial charge in [0.25, 0.3) is 0 Å². The molecule has 188 valence electrons. The minimum absolute atomic E-state index is 0.0128. The van der Waals surface area contributed by atoms with Gasteiger partial charge < -0.3 is 18.9 Å². The quantitative estimate of drug-likeness (QED) is 0.263. The van der Waals surface area contributed by atoms with E-state index in [1.54, 1.807) is 28.9 Å². The summed E-state index contributed by atoms with van der Waals surface area (Å²) in [7, 11) is 3.75. The van der Waals surface area contributed by atoms with Gasteiger partial charge in [-0.15, -0.1) is 0 Å². The number of hydrogen-bond donors (Lipinski definition) is 0. The van der Waals surface area contributed by atoms with Crippen molar-refractivity contribution in [2.75, 3.05) is 21.3 Å². The summed E-state index contributed by atoms with van der Waals surface area (Å²) < 4.78 is 21.2. The van der Waals surface area contributed by atoms with Gasteiger partial charge in [0, 0.05) is 12.1 Å². The molecule has 1 aromatic heterocycles. The fourth-order valence-corrected chi connectivity index (χ4v) is 3.65. The molecule has 0 atom stereocenters. The molecule has 3 rings (SSSR count). The molecule has 0 aliphatic heterocycles. The normalized spacial score (nSPS) is 10.5. The molecule has 3 aromatic rings. The minimum atomic E-state index is -0.696. The Kier molecular flexibility index (Phi) is 8.21. The Labute approximate surface area is 207 Å². The van der Waals surface area contributed by atoms with Crippen LogP contribution in [0.5, 0.6) is 5.75 Å². The summed E-state index contributed by atoms with van der Waals surface area (Å²) in [5.41, 5.74) is 3.66. The molecule has 0 saturated heterocycles. The van der Waals surface area contributed by atoms with E-state index in [4.69, 9.17) is 18.9 Å². The maximum absolute atomic E-state index is 12.7. The van der Waals surface area contributed by atoms with Crippen LogP contribution in [0.1, 0.15) is 54.4 Å². The molecule has 0 saturated carbocycles. The Morgan fingerprint density at radius 2 is 1.36 bits per heavy atom. The lowest BCUT2D eigenvalue weighted by molar-refractivity contribution is -0.140. The zero-order valence-corrected chi connectivity index (χ0v) is 20.6. The summed E-state index contributed by atoms with van der Waals surface area (Å²) in [6.45, 7) is 3.77. The van der Waals surface area contributed by atoms with E-state index in [2.05, 4.69) is 5.10 Å². The van der Waals surface area contributed by atoms with Crippen LogP contribution in [-0.2, 0) is 25.4 Å². The van der Waals surface area contributed by atoms with Crippen LogP contribution < -0.4 is 4.74 Å². The number of benzene rings is 2. The molecular weight excluding hydrogens is 468 g/mol. The van der Waals surface area contributed by atoms with Gasteiger partial charge >= 0.3 is 23.9 Å². The first kappa shape index (κ1) is 26.1. The van der Waals surface area contributed by atoms with E-state index in [-0.39, 0.29) is 34.8 Å². The van der Waals surface area contributed by atoms with Crippen LogP contribution >= 0.6 is 0 Å². The number of esters is 4. The Balaban J connectivity index is 1.81. The molecule has 10 heteroatoms.